The molecule has 9 heteroatoms. The molecule has 0 spiro atoms. The van der Waals surface area contributed by atoms with Crippen LogP contribution in [0, 0.1) is 13.8 Å². The molecule has 4 rings (SSSR count). The maximum Gasteiger partial charge on any atom is 0.346 e. The molecule has 0 fully saturated rings. The topological polar surface area (TPSA) is 97.4 Å². The van der Waals surface area contributed by atoms with Crippen LogP contribution in [0.2, 0.25) is 5.02 Å². The van der Waals surface area contributed by atoms with Gasteiger partial charge in [0.25, 0.3) is 0 Å². The normalized spacial score (nSPS) is 15.3. The molecule has 1 N–H and O–H groups in total. The van der Waals surface area contributed by atoms with E-state index < -0.39 is 12.0 Å². The fourth-order valence-electron chi connectivity index (χ4n) is 3.50. The molecule has 3 heterocycles. The zero-order valence-electron chi connectivity index (χ0n) is 15.9. The number of halogens is 1. The Bertz CT molecular complexity index is 1180. The average molecular weight is 429 g/mol. The van der Waals surface area contributed by atoms with E-state index in [9.17, 15) is 14.7 Å². The maximum atomic E-state index is 11.9. The summed E-state index contributed by atoms with van der Waals surface area (Å²) < 4.78 is 1.82. The van der Waals surface area contributed by atoms with Gasteiger partial charge in [0.1, 0.15) is 27.5 Å². The van der Waals surface area contributed by atoms with E-state index in [1.54, 1.807) is 26.0 Å². The van der Waals surface area contributed by atoms with Crippen molar-refractivity contribution in [3.63, 3.8) is 0 Å². The third-order valence-electron chi connectivity index (χ3n) is 4.79. The number of carbonyl (C=O) groups is 2. The van der Waals surface area contributed by atoms with Gasteiger partial charge in [-0.2, -0.15) is 0 Å². The second-order valence-electron chi connectivity index (χ2n) is 6.89. The summed E-state index contributed by atoms with van der Waals surface area (Å²) in [7, 11) is 0. The van der Waals surface area contributed by atoms with Gasteiger partial charge in [0.05, 0.1) is 5.71 Å². The van der Waals surface area contributed by atoms with Gasteiger partial charge < -0.3 is 5.11 Å². The molecule has 0 saturated carbocycles. The number of carboxylic acid groups (broad SMARTS) is 1. The van der Waals surface area contributed by atoms with Crippen LogP contribution in [0.15, 0.2) is 29.3 Å². The Hall–Kier alpha value is -2.84. The number of fused-ring (bicyclic) bond motifs is 3. The number of carbonyl (C=O) groups excluding carboxylic acids is 1. The molecule has 29 heavy (non-hydrogen) atoms. The second kappa shape index (κ2) is 7.20. The van der Waals surface area contributed by atoms with Crippen LogP contribution in [0.1, 0.15) is 57.4 Å². The summed E-state index contributed by atoms with van der Waals surface area (Å²) >= 11 is 7.21. The smallest absolute Gasteiger partial charge is 0.346 e. The third-order valence-corrected chi connectivity index (χ3v) is 6.31. The van der Waals surface area contributed by atoms with E-state index in [0.717, 1.165) is 16.9 Å². The van der Waals surface area contributed by atoms with Crippen molar-refractivity contribution < 1.29 is 14.7 Å². The van der Waals surface area contributed by atoms with E-state index in [2.05, 4.69) is 10.2 Å². The molecule has 1 aromatic carbocycles. The van der Waals surface area contributed by atoms with Crippen molar-refractivity contribution in [2.75, 3.05) is 0 Å². The van der Waals surface area contributed by atoms with Crippen LogP contribution in [-0.2, 0) is 4.79 Å². The molecule has 0 radical (unpaired) electrons. The van der Waals surface area contributed by atoms with E-state index in [1.165, 1.54) is 6.92 Å². The average Bonchev–Trinajstić information content (AvgIpc) is 3.15. The third kappa shape index (κ3) is 3.28. The molecule has 1 atom stereocenters. The van der Waals surface area contributed by atoms with E-state index in [4.69, 9.17) is 16.6 Å². The number of hydrogen-bond acceptors (Lipinski definition) is 6. The number of aliphatic imine (C=N–C) groups is 1. The molecule has 2 aromatic heterocycles. The lowest BCUT2D eigenvalue weighted by Crippen LogP contribution is -2.10. The summed E-state index contributed by atoms with van der Waals surface area (Å²) in [4.78, 5) is 28.9. The first-order valence-electron chi connectivity index (χ1n) is 8.90. The van der Waals surface area contributed by atoms with Crippen molar-refractivity contribution in [3.05, 3.63) is 62.5 Å². The van der Waals surface area contributed by atoms with Crippen LogP contribution in [0.25, 0.3) is 5.00 Å². The highest BCUT2D eigenvalue weighted by Crippen LogP contribution is 2.39. The molecule has 0 amide bonds. The first-order chi connectivity index (χ1) is 13.8. The van der Waals surface area contributed by atoms with Gasteiger partial charge in [-0.15, -0.1) is 21.5 Å². The van der Waals surface area contributed by atoms with Gasteiger partial charge in [0.2, 0.25) is 0 Å². The summed E-state index contributed by atoms with van der Waals surface area (Å²) in [6, 6.07) is 6.68. The molecule has 0 bridgehead atoms. The monoisotopic (exact) mass is 428 g/mol. The Morgan fingerprint density at radius 3 is 2.52 bits per heavy atom. The number of nitrogens with zero attached hydrogens (tertiary/aromatic N) is 4. The molecule has 0 aliphatic carbocycles. The number of ketones is 1. The van der Waals surface area contributed by atoms with Crippen molar-refractivity contribution in [3.8, 4) is 5.00 Å². The first-order valence-corrected chi connectivity index (χ1v) is 10.1. The van der Waals surface area contributed by atoms with Crippen LogP contribution in [0.3, 0.4) is 0 Å². The highest BCUT2D eigenvalue weighted by atomic mass is 35.5. The van der Waals surface area contributed by atoms with Crippen LogP contribution in [0.4, 0.5) is 0 Å². The number of aryl methyl sites for hydroxylation is 1. The zero-order valence-corrected chi connectivity index (χ0v) is 17.5. The second-order valence-corrected chi connectivity index (χ2v) is 8.32. The van der Waals surface area contributed by atoms with Crippen molar-refractivity contribution in [2.24, 2.45) is 4.99 Å². The van der Waals surface area contributed by atoms with Crippen molar-refractivity contribution in [2.45, 2.75) is 33.2 Å². The molecule has 1 aliphatic heterocycles. The van der Waals surface area contributed by atoms with Crippen LogP contribution >= 0.6 is 22.9 Å². The van der Waals surface area contributed by atoms with Gasteiger partial charge in [0.15, 0.2) is 5.82 Å². The molecule has 0 saturated heterocycles. The number of aromatic carboxylic acids is 1. The summed E-state index contributed by atoms with van der Waals surface area (Å²) in [6.45, 7) is 5.09. The Kier molecular flexibility index (Phi) is 4.84. The number of Topliss-reactive ketones (excluding diaryl/α,β-unsaturated/α-hetero) is 1. The fraction of sp³-hybridized carbons (Fsp3) is 0.250. The molecule has 3 aromatic rings. The molecule has 1 aliphatic rings. The standard InChI is InChI=1S/C20H17ClN4O3S/c1-9(26)8-14-18-24-23-11(3)25(18)19-15(10(2)17(29-19)20(27)28)16(22-14)12-4-6-13(21)7-5-12/h4-7,14H,8H2,1-3H3,(H,27,28)/t14-/m1/s1. The minimum atomic E-state index is -0.997. The summed E-state index contributed by atoms with van der Waals surface area (Å²) in [5, 5.41) is 19.4. The quantitative estimate of drug-likeness (QED) is 0.672. The van der Waals surface area contributed by atoms with Gasteiger partial charge in [-0.25, -0.2) is 4.79 Å². The number of benzene rings is 1. The van der Waals surface area contributed by atoms with Crippen LogP contribution in [-0.4, -0.2) is 37.3 Å². The molecule has 0 unspecified atom stereocenters. The summed E-state index contributed by atoms with van der Waals surface area (Å²) in [5.41, 5.74) is 2.74. The van der Waals surface area contributed by atoms with E-state index >= 15 is 0 Å². The highest BCUT2D eigenvalue weighted by molar-refractivity contribution is 7.17. The Labute approximate surface area is 175 Å². The SMILES string of the molecule is CC(=O)C[C@H]1N=C(c2ccc(Cl)cc2)c2c(sc(C(=O)O)c2C)-n2c(C)nnc21. The van der Waals surface area contributed by atoms with Gasteiger partial charge in [-0.3, -0.25) is 14.4 Å². The number of thiophene rings is 1. The van der Waals surface area contributed by atoms with Gasteiger partial charge in [-0.05, 0) is 38.5 Å². The number of hydrogen-bond donors (Lipinski definition) is 1. The first kappa shape index (κ1) is 19.5. The predicted octanol–water partition coefficient (Wildman–Crippen LogP) is 4.17. The van der Waals surface area contributed by atoms with Gasteiger partial charge in [0, 0.05) is 22.6 Å². The zero-order chi connectivity index (χ0) is 20.9. The largest absolute Gasteiger partial charge is 0.477 e. The fourth-order valence-corrected chi connectivity index (χ4v) is 4.83. The summed E-state index contributed by atoms with van der Waals surface area (Å²) in [6.07, 6.45) is 0.176. The maximum absolute atomic E-state index is 11.9. The molecular formula is C20H17ClN4O3S. The van der Waals surface area contributed by atoms with E-state index in [1.807, 2.05) is 16.7 Å². The van der Waals surface area contributed by atoms with E-state index in [-0.39, 0.29) is 17.1 Å². The molecule has 148 valence electrons. The Morgan fingerprint density at radius 2 is 1.90 bits per heavy atom. The lowest BCUT2D eigenvalue weighted by atomic mass is 9.99. The Balaban J connectivity index is 2.06. The number of rotatable bonds is 4. The van der Waals surface area contributed by atoms with Gasteiger partial charge >= 0.3 is 5.97 Å². The molecular weight excluding hydrogens is 412 g/mol. The van der Waals surface area contributed by atoms with Crippen LogP contribution < -0.4 is 0 Å². The van der Waals surface area contributed by atoms with Crippen LogP contribution in [0.5, 0.6) is 0 Å². The minimum Gasteiger partial charge on any atom is -0.477 e. The van der Waals surface area contributed by atoms with Crippen molar-refractivity contribution >= 4 is 40.4 Å². The lowest BCUT2D eigenvalue weighted by Gasteiger charge is -2.11. The summed E-state index contributed by atoms with van der Waals surface area (Å²) in [5.74, 6) is 0.125. The van der Waals surface area contributed by atoms with Gasteiger partial charge in [-0.1, -0.05) is 23.7 Å². The van der Waals surface area contributed by atoms with E-state index in [0.29, 0.717) is 38.5 Å². The van der Waals surface area contributed by atoms with Crippen molar-refractivity contribution in [1.82, 2.24) is 14.8 Å². The number of aromatic nitrogens is 3. The lowest BCUT2D eigenvalue weighted by molar-refractivity contribution is -0.117. The molecule has 7 nitrogen and oxygen atoms in total. The predicted molar refractivity (Wildman–Crippen MR) is 111 cm³/mol. The highest BCUT2D eigenvalue weighted by Gasteiger charge is 2.33. The Morgan fingerprint density at radius 1 is 1.21 bits per heavy atom. The van der Waals surface area contributed by atoms with Crippen molar-refractivity contribution in [1.29, 1.82) is 0 Å². The minimum absolute atomic E-state index is 0.0189. The number of carboxylic acids is 1.